The number of hydrogen-bond acceptors (Lipinski definition) is 4. The van der Waals surface area contributed by atoms with Gasteiger partial charge >= 0.3 is 7.82 Å². The number of rotatable bonds is 12. The summed E-state index contributed by atoms with van der Waals surface area (Å²) in [5.41, 5.74) is 3.72. The van der Waals surface area contributed by atoms with Crippen molar-refractivity contribution in [2.75, 3.05) is 19.7 Å². The maximum atomic E-state index is 12.2. The van der Waals surface area contributed by atoms with Crippen LogP contribution in [0.4, 0.5) is 0 Å². The Morgan fingerprint density at radius 2 is 1.59 bits per heavy atom. The number of aryl methyl sites for hydroxylation is 3. The third kappa shape index (κ3) is 8.40. The van der Waals surface area contributed by atoms with Crippen molar-refractivity contribution < 1.29 is 28.4 Å². The number of carbonyl (C=O) groups is 1. The average Bonchev–Trinajstić information content (AvgIpc) is 2.72. The number of nitrogens with zero attached hydrogens (tertiary/aromatic N) is 1. The number of unbranched alkanes of at least 4 members (excludes halogenated alkanes) is 2. The molecule has 0 unspecified atom stereocenters. The van der Waals surface area contributed by atoms with Gasteiger partial charge in [0, 0.05) is 19.5 Å². The molecular weight excluding hydrogens is 429 g/mol. The van der Waals surface area contributed by atoms with Crippen molar-refractivity contribution in [2.45, 2.75) is 51.6 Å². The summed E-state index contributed by atoms with van der Waals surface area (Å²) < 4.78 is 21.2. The highest BCUT2D eigenvalue weighted by molar-refractivity contribution is 7.46. The second-order valence-electron chi connectivity index (χ2n) is 8.31. The summed E-state index contributed by atoms with van der Waals surface area (Å²) in [5, 5.41) is 0. The number of benzene rings is 2. The van der Waals surface area contributed by atoms with Crippen molar-refractivity contribution in [2.24, 2.45) is 0 Å². The predicted octanol–water partition coefficient (Wildman–Crippen LogP) is 4.04. The standard InChI is InChI=1S/C24H32NO6P/c1-19-6-8-20(9-7-19)5-3-2-4-16-30-22-13-10-21(11-14-22)12-15-24(26)25-17-23(18-25)31-32(27,28)29/h6-11,13-14,23H,2-5,12,15-18H2,1H3,(H2,27,28,29). The molecule has 1 aliphatic heterocycles. The molecule has 1 saturated heterocycles. The lowest BCUT2D eigenvalue weighted by atomic mass is 10.1. The van der Waals surface area contributed by atoms with Gasteiger partial charge in [-0.15, -0.1) is 0 Å². The second kappa shape index (κ2) is 11.6. The third-order valence-electron chi connectivity index (χ3n) is 5.54. The Hall–Kier alpha value is -2.18. The fourth-order valence-corrected chi connectivity index (χ4v) is 4.14. The van der Waals surface area contributed by atoms with Gasteiger partial charge in [0.2, 0.25) is 5.91 Å². The molecule has 2 aromatic rings. The van der Waals surface area contributed by atoms with Crippen molar-refractivity contribution >= 4 is 13.7 Å². The number of ether oxygens (including phenoxy) is 1. The van der Waals surface area contributed by atoms with Gasteiger partial charge in [0.1, 0.15) is 11.9 Å². The van der Waals surface area contributed by atoms with E-state index < -0.39 is 13.9 Å². The maximum Gasteiger partial charge on any atom is 0.469 e. The van der Waals surface area contributed by atoms with Gasteiger partial charge in [0.05, 0.1) is 6.61 Å². The van der Waals surface area contributed by atoms with E-state index in [1.807, 2.05) is 24.3 Å². The normalized spacial score (nSPS) is 14.3. The first-order chi connectivity index (χ1) is 15.3. The Kier molecular flexibility index (Phi) is 8.88. The SMILES string of the molecule is Cc1ccc(CCCCCOc2ccc(CCC(=O)N3CC(OP(=O)(O)O)C3)cc2)cc1. The molecule has 174 valence electrons. The first-order valence-electron chi connectivity index (χ1n) is 11.1. The van der Waals surface area contributed by atoms with E-state index in [2.05, 4.69) is 35.7 Å². The van der Waals surface area contributed by atoms with Crippen molar-refractivity contribution in [3.05, 3.63) is 65.2 Å². The van der Waals surface area contributed by atoms with Crippen LogP contribution in [-0.4, -0.2) is 46.4 Å². The summed E-state index contributed by atoms with van der Waals surface area (Å²) in [6.45, 7) is 3.24. The smallest absolute Gasteiger partial charge is 0.469 e. The van der Waals surface area contributed by atoms with E-state index >= 15 is 0 Å². The van der Waals surface area contributed by atoms with Crippen LogP contribution < -0.4 is 4.74 Å². The number of carbonyl (C=O) groups excluding carboxylic acids is 1. The largest absolute Gasteiger partial charge is 0.494 e. The lowest BCUT2D eigenvalue weighted by Gasteiger charge is -2.38. The molecule has 7 nitrogen and oxygen atoms in total. The number of phosphoric ester groups is 1. The van der Waals surface area contributed by atoms with E-state index in [0.29, 0.717) is 19.4 Å². The minimum absolute atomic E-state index is 0.0403. The highest BCUT2D eigenvalue weighted by Crippen LogP contribution is 2.39. The Balaban J connectivity index is 1.26. The quantitative estimate of drug-likeness (QED) is 0.366. The zero-order valence-electron chi connectivity index (χ0n) is 18.5. The topological polar surface area (TPSA) is 96.3 Å². The summed E-state index contributed by atoms with van der Waals surface area (Å²) in [5.74, 6) is 0.792. The minimum atomic E-state index is -4.49. The molecule has 3 rings (SSSR count). The van der Waals surface area contributed by atoms with Gasteiger partial charge in [-0.3, -0.25) is 9.32 Å². The molecule has 1 heterocycles. The van der Waals surface area contributed by atoms with Crippen LogP contribution in [0.3, 0.4) is 0 Å². The van der Waals surface area contributed by atoms with Crippen molar-refractivity contribution in [3.8, 4) is 5.75 Å². The van der Waals surface area contributed by atoms with Crippen molar-refractivity contribution in [1.82, 2.24) is 4.90 Å². The Morgan fingerprint density at radius 1 is 0.969 bits per heavy atom. The first kappa shape index (κ1) is 24.5. The van der Waals surface area contributed by atoms with Crippen LogP contribution in [0.5, 0.6) is 5.75 Å². The molecule has 2 N–H and O–H groups in total. The summed E-state index contributed by atoms with van der Waals surface area (Å²) in [7, 11) is -4.49. The van der Waals surface area contributed by atoms with Gasteiger partial charge < -0.3 is 19.4 Å². The highest BCUT2D eigenvalue weighted by atomic mass is 31.2. The molecule has 1 amide bonds. The third-order valence-corrected chi connectivity index (χ3v) is 6.11. The molecule has 0 spiro atoms. The van der Waals surface area contributed by atoms with E-state index in [4.69, 9.17) is 14.5 Å². The van der Waals surface area contributed by atoms with E-state index in [9.17, 15) is 9.36 Å². The molecular formula is C24H32NO6P. The molecule has 8 heteroatoms. The zero-order chi connectivity index (χ0) is 23.0. The molecule has 0 atom stereocenters. The monoisotopic (exact) mass is 461 g/mol. The highest BCUT2D eigenvalue weighted by Gasteiger charge is 2.35. The van der Waals surface area contributed by atoms with Crippen LogP contribution in [0, 0.1) is 6.92 Å². The van der Waals surface area contributed by atoms with E-state index in [-0.39, 0.29) is 19.0 Å². The molecule has 2 aromatic carbocycles. The maximum absolute atomic E-state index is 12.2. The Labute approximate surface area is 189 Å². The average molecular weight is 461 g/mol. The molecule has 0 bridgehead atoms. The molecule has 1 aliphatic rings. The summed E-state index contributed by atoms with van der Waals surface area (Å²) in [6.07, 6.45) is 4.78. The lowest BCUT2D eigenvalue weighted by molar-refractivity contribution is -0.140. The predicted molar refractivity (Wildman–Crippen MR) is 122 cm³/mol. The van der Waals surface area contributed by atoms with Crippen LogP contribution in [0.15, 0.2) is 48.5 Å². The first-order valence-corrected chi connectivity index (χ1v) is 12.6. The minimum Gasteiger partial charge on any atom is -0.494 e. The van der Waals surface area contributed by atoms with Crippen LogP contribution in [0.2, 0.25) is 0 Å². The van der Waals surface area contributed by atoms with Crippen LogP contribution in [0.25, 0.3) is 0 Å². The van der Waals surface area contributed by atoms with Crippen LogP contribution in [0.1, 0.15) is 42.4 Å². The number of likely N-dealkylation sites (tertiary alicyclic amines) is 1. The van der Waals surface area contributed by atoms with Gasteiger partial charge in [-0.05, 0) is 62.3 Å². The Bertz CT molecular complexity index is 903. The van der Waals surface area contributed by atoms with Gasteiger partial charge in [-0.25, -0.2) is 4.57 Å². The van der Waals surface area contributed by atoms with Gasteiger partial charge in [-0.1, -0.05) is 42.0 Å². The summed E-state index contributed by atoms with van der Waals surface area (Å²) in [4.78, 5) is 31.3. The summed E-state index contributed by atoms with van der Waals surface area (Å²) >= 11 is 0. The zero-order valence-corrected chi connectivity index (χ0v) is 19.4. The van der Waals surface area contributed by atoms with Crippen molar-refractivity contribution in [1.29, 1.82) is 0 Å². The second-order valence-corrected chi connectivity index (χ2v) is 9.50. The molecule has 1 fully saturated rings. The number of phosphoric acid groups is 1. The fourth-order valence-electron chi connectivity index (χ4n) is 3.62. The lowest BCUT2D eigenvalue weighted by Crippen LogP contribution is -2.54. The Morgan fingerprint density at radius 3 is 2.25 bits per heavy atom. The molecule has 0 radical (unpaired) electrons. The molecule has 32 heavy (non-hydrogen) atoms. The van der Waals surface area contributed by atoms with Crippen LogP contribution >= 0.6 is 7.82 Å². The van der Waals surface area contributed by atoms with E-state index in [1.54, 1.807) is 4.90 Å². The fraction of sp³-hybridized carbons (Fsp3) is 0.458. The molecule has 0 aliphatic carbocycles. The van der Waals surface area contributed by atoms with Gasteiger partial charge in [-0.2, -0.15) is 0 Å². The van der Waals surface area contributed by atoms with E-state index in [0.717, 1.165) is 37.0 Å². The van der Waals surface area contributed by atoms with Gasteiger partial charge in [0.25, 0.3) is 0 Å². The molecule has 0 saturated carbocycles. The molecule has 0 aromatic heterocycles. The van der Waals surface area contributed by atoms with Crippen molar-refractivity contribution in [3.63, 3.8) is 0 Å². The summed E-state index contributed by atoms with van der Waals surface area (Å²) in [6, 6.07) is 16.5. The number of hydrogen-bond donors (Lipinski definition) is 2. The van der Waals surface area contributed by atoms with Crippen LogP contribution in [-0.2, 0) is 26.7 Å². The number of amides is 1. The van der Waals surface area contributed by atoms with E-state index in [1.165, 1.54) is 11.1 Å². The van der Waals surface area contributed by atoms with Gasteiger partial charge in [0.15, 0.2) is 0 Å².